The van der Waals surface area contributed by atoms with Crippen LogP contribution in [0.1, 0.15) is 34.8 Å². The molecule has 0 saturated carbocycles. The molecule has 6 heteroatoms. The van der Waals surface area contributed by atoms with E-state index in [1.54, 1.807) is 26.2 Å². The fourth-order valence-corrected chi connectivity index (χ4v) is 4.23. The molecule has 5 rings (SSSR count). The van der Waals surface area contributed by atoms with E-state index in [2.05, 4.69) is 0 Å². The molecule has 3 heterocycles. The summed E-state index contributed by atoms with van der Waals surface area (Å²) in [6.45, 7) is 1.72. The van der Waals surface area contributed by atoms with Gasteiger partial charge in [-0.2, -0.15) is 0 Å². The van der Waals surface area contributed by atoms with Crippen molar-refractivity contribution in [2.24, 2.45) is 0 Å². The lowest BCUT2D eigenvalue weighted by molar-refractivity contribution is -0.149. The molecule has 0 aliphatic carbocycles. The van der Waals surface area contributed by atoms with Crippen molar-refractivity contribution in [3.63, 3.8) is 0 Å². The molecule has 0 N–H and O–H groups in total. The van der Waals surface area contributed by atoms with E-state index >= 15 is 0 Å². The van der Waals surface area contributed by atoms with Crippen LogP contribution in [0.2, 0.25) is 5.02 Å². The second-order valence-corrected chi connectivity index (χ2v) is 7.48. The molecule has 28 heavy (non-hydrogen) atoms. The van der Waals surface area contributed by atoms with Crippen molar-refractivity contribution in [2.75, 3.05) is 7.11 Å². The van der Waals surface area contributed by atoms with E-state index in [1.165, 1.54) is 0 Å². The van der Waals surface area contributed by atoms with E-state index in [9.17, 15) is 4.79 Å². The van der Waals surface area contributed by atoms with Gasteiger partial charge in [-0.25, -0.2) is 4.79 Å². The van der Waals surface area contributed by atoms with Crippen molar-refractivity contribution in [3.05, 3.63) is 86.4 Å². The minimum atomic E-state index is -1.05. The van der Waals surface area contributed by atoms with Gasteiger partial charge in [0.05, 0.1) is 12.7 Å². The third-order valence-electron chi connectivity index (χ3n) is 5.32. The van der Waals surface area contributed by atoms with E-state index in [4.69, 9.17) is 30.2 Å². The Morgan fingerprint density at radius 3 is 2.57 bits per heavy atom. The number of aryl methyl sites for hydroxylation is 1. The number of ether oxygens (including phenoxy) is 3. The lowest BCUT2D eigenvalue weighted by Crippen LogP contribution is -2.48. The number of hydrogen-bond donors (Lipinski definition) is 0. The normalized spacial score (nSPS) is 21.8. The molecule has 0 spiro atoms. The van der Waals surface area contributed by atoms with Gasteiger partial charge in [0.1, 0.15) is 23.0 Å². The molecule has 2 bridgehead atoms. The molecule has 2 aliphatic rings. The average Bonchev–Trinajstić information content (AvgIpc) is 2.68. The van der Waals surface area contributed by atoms with Gasteiger partial charge in [0.25, 0.3) is 5.79 Å². The SMILES string of the molecule is COc1ccc(C23CC(c4cc(Cl)ccc4O2)c2c(cc(C)oc2=O)O3)cc1. The second kappa shape index (κ2) is 6.04. The minimum absolute atomic E-state index is 0.245. The average molecular weight is 397 g/mol. The lowest BCUT2D eigenvalue weighted by Gasteiger charge is -2.45. The van der Waals surface area contributed by atoms with Crippen LogP contribution in [-0.2, 0) is 5.79 Å². The van der Waals surface area contributed by atoms with E-state index in [1.807, 2.05) is 36.4 Å². The molecule has 3 aromatic rings. The Balaban J connectivity index is 1.75. The molecule has 1 aromatic heterocycles. The van der Waals surface area contributed by atoms with Crippen LogP contribution < -0.4 is 19.8 Å². The summed E-state index contributed by atoms with van der Waals surface area (Å²) in [5.41, 5.74) is 1.81. The summed E-state index contributed by atoms with van der Waals surface area (Å²) in [6, 6.07) is 14.7. The summed E-state index contributed by atoms with van der Waals surface area (Å²) in [7, 11) is 1.62. The molecule has 0 amide bonds. The summed E-state index contributed by atoms with van der Waals surface area (Å²) in [5.74, 6) is 1.05. The van der Waals surface area contributed by atoms with Gasteiger partial charge in [-0.1, -0.05) is 11.6 Å². The Kier molecular flexibility index (Phi) is 3.71. The number of halogens is 1. The maximum atomic E-state index is 12.7. The molecule has 0 fully saturated rings. The molecule has 5 nitrogen and oxygen atoms in total. The van der Waals surface area contributed by atoms with Gasteiger partial charge in [-0.15, -0.1) is 0 Å². The Bertz CT molecular complexity index is 1130. The molecular weight excluding hydrogens is 380 g/mol. The molecule has 2 atom stereocenters. The molecule has 0 saturated heterocycles. The molecular formula is C22H17ClO5. The van der Waals surface area contributed by atoms with E-state index in [0.29, 0.717) is 34.3 Å². The summed E-state index contributed by atoms with van der Waals surface area (Å²) in [5, 5.41) is 0.587. The summed E-state index contributed by atoms with van der Waals surface area (Å²) in [4.78, 5) is 12.7. The topological polar surface area (TPSA) is 57.9 Å². The van der Waals surface area contributed by atoms with Crippen LogP contribution in [0, 0.1) is 6.92 Å². The van der Waals surface area contributed by atoms with Crippen molar-refractivity contribution >= 4 is 11.6 Å². The fourth-order valence-electron chi connectivity index (χ4n) is 4.05. The maximum Gasteiger partial charge on any atom is 0.343 e. The Labute approximate surface area is 166 Å². The minimum Gasteiger partial charge on any atom is -0.497 e. The van der Waals surface area contributed by atoms with Crippen molar-refractivity contribution in [1.82, 2.24) is 0 Å². The van der Waals surface area contributed by atoms with Gasteiger partial charge >= 0.3 is 5.63 Å². The predicted octanol–water partition coefficient (Wildman–Crippen LogP) is 4.77. The van der Waals surface area contributed by atoms with Crippen LogP contribution in [0.3, 0.4) is 0 Å². The van der Waals surface area contributed by atoms with Crippen LogP contribution in [0.15, 0.2) is 57.7 Å². The fraction of sp³-hybridized carbons (Fsp3) is 0.227. The molecule has 2 aliphatic heterocycles. The highest BCUT2D eigenvalue weighted by atomic mass is 35.5. The number of hydrogen-bond acceptors (Lipinski definition) is 5. The zero-order valence-corrected chi connectivity index (χ0v) is 16.1. The Hall–Kier alpha value is -2.92. The smallest absolute Gasteiger partial charge is 0.343 e. The molecule has 142 valence electrons. The van der Waals surface area contributed by atoms with Gasteiger partial charge in [0.15, 0.2) is 0 Å². The first-order valence-corrected chi connectivity index (χ1v) is 9.33. The van der Waals surface area contributed by atoms with Crippen LogP contribution in [0.4, 0.5) is 0 Å². The zero-order chi connectivity index (χ0) is 19.5. The van der Waals surface area contributed by atoms with E-state index in [-0.39, 0.29) is 5.92 Å². The third-order valence-corrected chi connectivity index (χ3v) is 5.56. The van der Waals surface area contributed by atoms with Gasteiger partial charge in [-0.05, 0) is 49.4 Å². The first-order chi connectivity index (χ1) is 13.5. The van der Waals surface area contributed by atoms with Gasteiger partial charge in [0, 0.05) is 34.6 Å². The predicted molar refractivity (Wildman–Crippen MR) is 104 cm³/mol. The Morgan fingerprint density at radius 2 is 1.82 bits per heavy atom. The van der Waals surface area contributed by atoms with Gasteiger partial charge in [0.2, 0.25) is 0 Å². The van der Waals surface area contributed by atoms with Crippen LogP contribution >= 0.6 is 11.6 Å². The molecule has 0 radical (unpaired) electrons. The number of methoxy groups -OCH3 is 1. The summed E-state index contributed by atoms with van der Waals surface area (Å²) >= 11 is 6.23. The first kappa shape index (κ1) is 17.2. The van der Waals surface area contributed by atoms with Crippen LogP contribution in [-0.4, -0.2) is 7.11 Å². The van der Waals surface area contributed by atoms with Gasteiger partial charge < -0.3 is 18.6 Å². The number of fused-ring (bicyclic) bond motifs is 6. The quantitative estimate of drug-likeness (QED) is 0.624. The van der Waals surface area contributed by atoms with Crippen molar-refractivity contribution in [2.45, 2.75) is 25.0 Å². The van der Waals surface area contributed by atoms with Gasteiger partial charge in [-0.3, -0.25) is 0 Å². The molecule has 2 aromatic carbocycles. The highest BCUT2D eigenvalue weighted by Gasteiger charge is 2.51. The zero-order valence-electron chi connectivity index (χ0n) is 15.3. The van der Waals surface area contributed by atoms with E-state index < -0.39 is 11.4 Å². The standard InChI is InChI=1S/C22H17ClO5/c1-12-9-19-20(21(24)26-12)17-11-22(28-19,13-3-6-15(25-2)7-4-13)27-18-8-5-14(23)10-16(17)18/h3-10,17H,11H2,1-2H3. The van der Waals surface area contributed by atoms with E-state index in [0.717, 1.165) is 16.9 Å². The highest BCUT2D eigenvalue weighted by molar-refractivity contribution is 6.30. The number of benzene rings is 2. The monoisotopic (exact) mass is 396 g/mol. The Morgan fingerprint density at radius 1 is 1.07 bits per heavy atom. The summed E-state index contributed by atoms with van der Waals surface area (Å²) < 4.78 is 23.4. The summed E-state index contributed by atoms with van der Waals surface area (Å²) in [6.07, 6.45) is 0.438. The first-order valence-electron chi connectivity index (χ1n) is 8.96. The number of rotatable bonds is 2. The highest BCUT2D eigenvalue weighted by Crippen LogP contribution is 2.54. The second-order valence-electron chi connectivity index (χ2n) is 7.05. The van der Waals surface area contributed by atoms with Crippen LogP contribution in [0.5, 0.6) is 17.2 Å². The molecule has 2 unspecified atom stereocenters. The van der Waals surface area contributed by atoms with Crippen molar-refractivity contribution < 1.29 is 18.6 Å². The lowest BCUT2D eigenvalue weighted by atomic mass is 9.79. The van der Waals surface area contributed by atoms with Crippen LogP contribution in [0.25, 0.3) is 0 Å². The largest absolute Gasteiger partial charge is 0.497 e. The van der Waals surface area contributed by atoms with Crippen molar-refractivity contribution in [1.29, 1.82) is 0 Å². The maximum absolute atomic E-state index is 12.7. The third kappa shape index (κ3) is 2.50. The van der Waals surface area contributed by atoms with Crippen molar-refractivity contribution in [3.8, 4) is 17.2 Å².